The lowest BCUT2D eigenvalue weighted by Gasteiger charge is -2.27. The molecule has 0 amide bonds. The van der Waals surface area contributed by atoms with Crippen LogP contribution in [0, 0.1) is 5.41 Å². The largest absolute Gasteiger partial charge is 0.508 e. The molecule has 0 saturated carbocycles. The maximum absolute atomic E-state index is 12.9. The molecule has 0 heterocycles. The van der Waals surface area contributed by atoms with Crippen LogP contribution in [0.3, 0.4) is 0 Å². The molecule has 0 saturated heterocycles. The average Bonchev–Trinajstić information content (AvgIpc) is 3.24. The molecule has 0 aliphatic heterocycles. The standard InChI is InChI=1S/C48H61NO12/c1-38(59-45(50)48(2,3)4)29-49(25-27-57-46(51)60-43(34-53-30-39-17-9-5-10-18-39)35-54-31-40-19-11-6-12-20-40)26-28-58-47(52)61-44(36-55-32-41-21-13-7-14-22-41)37-56-33-42-23-15-8-16-24-42/h5-24,38,43-44H,25-37H2,1-4H3. The smallest absolute Gasteiger partial charge is 0.461 e. The maximum atomic E-state index is 12.9. The summed E-state index contributed by atoms with van der Waals surface area (Å²) in [6.45, 7) is 9.38. The Balaban J connectivity index is 1.28. The Kier molecular flexibility index (Phi) is 21.8. The number of esters is 1. The zero-order chi connectivity index (χ0) is 43.5. The van der Waals surface area contributed by atoms with Crippen molar-refractivity contribution < 1.29 is 57.0 Å². The number of rotatable bonds is 27. The van der Waals surface area contributed by atoms with Crippen LogP contribution in [-0.4, -0.2) is 101 Å². The summed E-state index contributed by atoms with van der Waals surface area (Å²) >= 11 is 0. The molecule has 330 valence electrons. The van der Waals surface area contributed by atoms with Gasteiger partial charge in [0.15, 0.2) is 12.2 Å². The SMILES string of the molecule is CC(CN(CCOC(=O)OC(COCc1ccccc1)COCc1ccccc1)CCOC(=O)OC(COCc1ccccc1)COCc1ccccc1)OC(=O)C(C)(C)C. The summed E-state index contributed by atoms with van der Waals surface area (Å²) in [5.74, 6) is -0.357. The van der Waals surface area contributed by atoms with E-state index in [0.717, 1.165) is 22.3 Å². The Bertz CT molecular complexity index is 1590. The van der Waals surface area contributed by atoms with E-state index in [1.165, 1.54) is 0 Å². The number of carbonyl (C=O) groups excluding carboxylic acids is 3. The van der Waals surface area contributed by atoms with Crippen molar-refractivity contribution in [1.29, 1.82) is 0 Å². The summed E-state index contributed by atoms with van der Waals surface area (Å²) in [5, 5.41) is 0. The van der Waals surface area contributed by atoms with Gasteiger partial charge in [0.05, 0.1) is 58.3 Å². The van der Waals surface area contributed by atoms with Crippen molar-refractivity contribution >= 4 is 18.3 Å². The van der Waals surface area contributed by atoms with Crippen LogP contribution in [0.1, 0.15) is 49.9 Å². The topological polar surface area (TPSA) is 138 Å². The van der Waals surface area contributed by atoms with Crippen molar-refractivity contribution in [2.45, 2.75) is 72.4 Å². The molecule has 4 aromatic rings. The first-order valence-electron chi connectivity index (χ1n) is 20.6. The van der Waals surface area contributed by atoms with E-state index in [2.05, 4.69) is 0 Å². The number of hydrogen-bond acceptors (Lipinski definition) is 13. The van der Waals surface area contributed by atoms with Gasteiger partial charge in [-0.2, -0.15) is 0 Å². The van der Waals surface area contributed by atoms with E-state index in [1.807, 2.05) is 126 Å². The minimum atomic E-state index is -0.890. The van der Waals surface area contributed by atoms with Crippen molar-refractivity contribution in [2.24, 2.45) is 5.41 Å². The van der Waals surface area contributed by atoms with Crippen molar-refractivity contribution in [1.82, 2.24) is 4.90 Å². The van der Waals surface area contributed by atoms with Crippen LogP contribution in [0.4, 0.5) is 9.59 Å². The first-order chi connectivity index (χ1) is 29.5. The molecule has 0 radical (unpaired) electrons. The number of nitrogens with zero attached hydrogens (tertiary/aromatic N) is 1. The normalized spacial score (nSPS) is 12.0. The van der Waals surface area contributed by atoms with Gasteiger partial charge in [-0.25, -0.2) is 9.59 Å². The first-order valence-corrected chi connectivity index (χ1v) is 20.6. The monoisotopic (exact) mass is 843 g/mol. The highest BCUT2D eigenvalue weighted by Crippen LogP contribution is 2.17. The Morgan fingerprint density at radius 3 is 1.10 bits per heavy atom. The molecule has 0 spiro atoms. The molecule has 0 aliphatic carbocycles. The van der Waals surface area contributed by atoms with Crippen molar-refractivity contribution in [3.05, 3.63) is 144 Å². The van der Waals surface area contributed by atoms with Crippen molar-refractivity contribution in [3.63, 3.8) is 0 Å². The van der Waals surface area contributed by atoms with Crippen LogP contribution >= 0.6 is 0 Å². The molecule has 0 N–H and O–H groups in total. The molecule has 0 fully saturated rings. The molecule has 0 aromatic heterocycles. The predicted octanol–water partition coefficient (Wildman–Crippen LogP) is 8.18. The first kappa shape index (κ1) is 48.4. The Labute approximate surface area is 360 Å². The number of ether oxygens (including phenoxy) is 9. The molecule has 61 heavy (non-hydrogen) atoms. The second-order valence-corrected chi connectivity index (χ2v) is 15.4. The highest BCUT2D eigenvalue weighted by atomic mass is 16.7. The lowest BCUT2D eigenvalue weighted by Crippen LogP contribution is -2.40. The van der Waals surface area contributed by atoms with Crippen molar-refractivity contribution in [3.8, 4) is 0 Å². The summed E-state index contributed by atoms with van der Waals surface area (Å²) in [5.41, 5.74) is 3.23. The number of hydrogen-bond donors (Lipinski definition) is 0. The summed E-state index contributed by atoms with van der Waals surface area (Å²) in [6.07, 6.45) is -3.77. The van der Waals surface area contributed by atoms with Gasteiger partial charge in [0, 0.05) is 19.6 Å². The number of benzene rings is 4. The summed E-state index contributed by atoms with van der Waals surface area (Å²) in [6, 6.07) is 38.7. The molecule has 1 unspecified atom stereocenters. The Morgan fingerprint density at radius 2 is 0.803 bits per heavy atom. The van der Waals surface area contributed by atoms with Gasteiger partial charge >= 0.3 is 18.3 Å². The minimum Gasteiger partial charge on any atom is -0.461 e. The van der Waals surface area contributed by atoms with Gasteiger partial charge in [-0.3, -0.25) is 9.69 Å². The third-order valence-electron chi connectivity index (χ3n) is 8.88. The van der Waals surface area contributed by atoms with Gasteiger partial charge in [0.2, 0.25) is 0 Å². The van der Waals surface area contributed by atoms with Gasteiger partial charge in [0.25, 0.3) is 0 Å². The highest BCUT2D eigenvalue weighted by molar-refractivity contribution is 5.75. The van der Waals surface area contributed by atoms with E-state index >= 15 is 0 Å². The molecule has 4 rings (SSSR count). The average molecular weight is 844 g/mol. The Hall–Kier alpha value is -5.31. The fourth-order valence-corrected chi connectivity index (χ4v) is 5.67. The molecule has 4 aromatic carbocycles. The van der Waals surface area contributed by atoms with Gasteiger partial charge < -0.3 is 42.6 Å². The van der Waals surface area contributed by atoms with Gasteiger partial charge in [-0.15, -0.1) is 0 Å². The van der Waals surface area contributed by atoms with E-state index < -0.39 is 36.0 Å². The molecule has 1 atom stereocenters. The summed E-state index contributed by atoms with van der Waals surface area (Å²) < 4.78 is 51.4. The molecule has 0 bridgehead atoms. The zero-order valence-corrected chi connectivity index (χ0v) is 35.8. The molecule has 13 nitrogen and oxygen atoms in total. The van der Waals surface area contributed by atoms with Crippen LogP contribution in [0.25, 0.3) is 0 Å². The number of carbonyl (C=O) groups is 3. The fourth-order valence-electron chi connectivity index (χ4n) is 5.67. The quantitative estimate of drug-likeness (QED) is 0.0422. The Morgan fingerprint density at radius 1 is 0.492 bits per heavy atom. The molecule has 13 heteroatoms. The second-order valence-electron chi connectivity index (χ2n) is 15.4. The van der Waals surface area contributed by atoms with E-state index in [0.29, 0.717) is 26.4 Å². The van der Waals surface area contributed by atoms with E-state index in [4.69, 9.17) is 42.6 Å². The minimum absolute atomic E-state index is 0.0642. The van der Waals surface area contributed by atoms with Crippen LogP contribution in [0.15, 0.2) is 121 Å². The predicted molar refractivity (Wildman–Crippen MR) is 228 cm³/mol. The van der Waals surface area contributed by atoms with E-state index in [1.54, 1.807) is 27.7 Å². The lowest BCUT2D eigenvalue weighted by atomic mass is 9.97. The van der Waals surface area contributed by atoms with E-state index in [-0.39, 0.29) is 65.2 Å². The second kappa shape index (κ2) is 27.5. The van der Waals surface area contributed by atoms with Gasteiger partial charge in [-0.1, -0.05) is 121 Å². The lowest BCUT2D eigenvalue weighted by molar-refractivity contribution is -0.158. The summed E-state index contributed by atoms with van der Waals surface area (Å²) in [7, 11) is 0. The van der Waals surface area contributed by atoms with Crippen LogP contribution in [-0.2, 0) is 73.9 Å². The van der Waals surface area contributed by atoms with Crippen molar-refractivity contribution in [2.75, 3.05) is 59.3 Å². The fraction of sp³-hybridized carbons (Fsp3) is 0.438. The van der Waals surface area contributed by atoms with Crippen LogP contribution < -0.4 is 0 Å². The highest BCUT2D eigenvalue weighted by Gasteiger charge is 2.26. The molecule has 0 aliphatic rings. The third-order valence-corrected chi connectivity index (χ3v) is 8.88. The van der Waals surface area contributed by atoms with Crippen LogP contribution in [0.5, 0.6) is 0 Å². The third kappa shape index (κ3) is 21.2. The maximum Gasteiger partial charge on any atom is 0.508 e. The molecular weight excluding hydrogens is 783 g/mol. The van der Waals surface area contributed by atoms with E-state index in [9.17, 15) is 14.4 Å². The van der Waals surface area contributed by atoms with Gasteiger partial charge in [-0.05, 0) is 49.9 Å². The van der Waals surface area contributed by atoms with Gasteiger partial charge in [0.1, 0.15) is 19.3 Å². The zero-order valence-electron chi connectivity index (χ0n) is 35.8. The van der Waals surface area contributed by atoms with Crippen LogP contribution in [0.2, 0.25) is 0 Å². The summed E-state index contributed by atoms with van der Waals surface area (Å²) in [4.78, 5) is 40.4. The molecular formula is C48H61NO12.